The zero-order valence-electron chi connectivity index (χ0n) is 11.5. The molecule has 0 aromatic heterocycles. The normalized spacial score (nSPS) is 16.4. The molecule has 2 rings (SSSR count). The van der Waals surface area contributed by atoms with E-state index in [1.807, 2.05) is 0 Å². The molecule has 1 aromatic rings. The van der Waals surface area contributed by atoms with Crippen LogP contribution in [-0.2, 0) is 11.2 Å². The molecule has 19 heavy (non-hydrogen) atoms. The highest BCUT2D eigenvalue weighted by atomic mass is 19.1. The second-order valence-electron chi connectivity index (χ2n) is 5.15. The first-order valence-electron chi connectivity index (χ1n) is 6.70. The minimum Gasteiger partial charge on any atom is -0.465 e. The Morgan fingerprint density at radius 3 is 2.74 bits per heavy atom. The summed E-state index contributed by atoms with van der Waals surface area (Å²) >= 11 is 0. The number of halogens is 1. The predicted octanol–water partition coefficient (Wildman–Crippen LogP) is 2.46. The molecule has 0 spiro atoms. The number of hydrogen-bond acceptors (Lipinski definition) is 3. The highest BCUT2D eigenvalue weighted by Gasteiger charge is 2.18. The number of nitrogens with one attached hydrogen (secondary N) is 1. The summed E-state index contributed by atoms with van der Waals surface area (Å²) in [5.41, 5.74) is 1.71. The highest BCUT2D eigenvalue weighted by Crippen LogP contribution is 2.23. The van der Waals surface area contributed by atoms with E-state index in [9.17, 15) is 9.18 Å². The number of esters is 1. The number of piperidine rings is 1. The molecule has 0 saturated carbocycles. The van der Waals surface area contributed by atoms with Crippen LogP contribution in [0.1, 0.15) is 34.3 Å². The van der Waals surface area contributed by atoms with Crippen molar-refractivity contribution in [1.82, 2.24) is 5.32 Å². The number of aryl methyl sites for hydroxylation is 1. The van der Waals surface area contributed by atoms with Crippen molar-refractivity contribution in [2.45, 2.75) is 26.2 Å². The van der Waals surface area contributed by atoms with Crippen LogP contribution in [0.3, 0.4) is 0 Å². The third kappa shape index (κ3) is 3.32. The molecule has 1 heterocycles. The summed E-state index contributed by atoms with van der Waals surface area (Å²) in [7, 11) is 1.34. The minimum atomic E-state index is -0.399. The number of carbonyl (C=O) groups excluding carboxylic acids is 1. The first kappa shape index (κ1) is 14.0. The van der Waals surface area contributed by atoms with E-state index in [1.54, 1.807) is 13.0 Å². The van der Waals surface area contributed by atoms with Crippen molar-refractivity contribution in [3.63, 3.8) is 0 Å². The Morgan fingerprint density at radius 2 is 2.11 bits per heavy atom. The Kier molecular flexibility index (Phi) is 4.53. The summed E-state index contributed by atoms with van der Waals surface area (Å²) in [4.78, 5) is 11.6. The summed E-state index contributed by atoms with van der Waals surface area (Å²) in [5, 5.41) is 3.30. The topological polar surface area (TPSA) is 38.3 Å². The fraction of sp³-hybridized carbons (Fsp3) is 0.533. The minimum absolute atomic E-state index is 0.219. The molecular weight excluding hydrogens is 245 g/mol. The van der Waals surface area contributed by atoms with E-state index >= 15 is 0 Å². The average Bonchev–Trinajstić information content (AvgIpc) is 2.42. The van der Waals surface area contributed by atoms with Crippen LogP contribution in [0.5, 0.6) is 0 Å². The summed E-state index contributed by atoms with van der Waals surface area (Å²) in [6.45, 7) is 3.70. The zero-order chi connectivity index (χ0) is 13.8. The van der Waals surface area contributed by atoms with Crippen molar-refractivity contribution >= 4 is 5.97 Å². The Hall–Kier alpha value is -1.42. The first-order valence-corrected chi connectivity index (χ1v) is 6.70. The Morgan fingerprint density at radius 1 is 1.42 bits per heavy atom. The quantitative estimate of drug-likeness (QED) is 0.853. The van der Waals surface area contributed by atoms with E-state index in [0.29, 0.717) is 29.0 Å². The molecule has 1 saturated heterocycles. The molecule has 0 unspecified atom stereocenters. The molecule has 0 aliphatic carbocycles. The zero-order valence-corrected chi connectivity index (χ0v) is 11.5. The van der Waals surface area contributed by atoms with E-state index in [4.69, 9.17) is 4.74 Å². The van der Waals surface area contributed by atoms with Crippen molar-refractivity contribution < 1.29 is 13.9 Å². The number of benzene rings is 1. The van der Waals surface area contributed by atoms with Gasteiger partial charge in [-0.3, -0.25) is 0 Å². The third-order valence-electron chi connectivity index (χ3n) is 3.77. The van der Waals surface area contributed by atoms with Gasteiger partial charge < -0.3 is 10.1 Å². The molecule has 0 amide bonds. The summed E-state index contributed by atoms with van der Waals surface area (Å²) in [5.74, 6) is -0.128. The largest absolute Gasteiger partial charge is 0.465 e. The second kappa shape index (κ2) is 6.15. The van der Waals surface area contributed by atoms with Gasteiger partial charge >= 0.3 is 5.97 Å². The van der Waals surface area contributed by atoms with Gasteiger partial charge in [0.15, 0.2) is 0 Å². The number of carbonyl (C=O) groups is 1. The van der Waals surface area contributed by atoms with Gasteiger partial charge in [-0.25, -0.2) is 9.18 Å². The van der Waals surface area contributed by atoms with Gasteiger partial charge in [0.2, 0.25) is 0 Å². The lowest BCUT2D eigenvalue weighted by atomic mass is 9.89. The number of hydrogen-bond donors (Lipinski definition) is 1. The Labute approximate surface area is 113 Å². The van der Waals surface area contributed by atoms with Crippen molar-refractivity contribution in [2.75, 3.05) is 20.2 Å². The fourth-order valence-corrected chi connectivity index (χ4v) is 2.60. The maximum Gasteiger partial charge on any atom is 0.338 e. The van der Waals surface area contributed by atoms with Crippen LogP contribution < -0.4 is 5.32 Å². The van der Waals surface area contributed by atoms with Crippen molar-refractivity contribution in [1.29, 1.82) is 0 Å². The monoisotopic (exact) mass is 265 g/mol. The molecule has 1 aliphatic heterocycles. The molecule has 4 heteroatoms. The molecule has 0 atom stereocenters. The number of ether oxygens (including phenoxy) is 1. The lowest BCUT2D eigenvalue weighted by Gasteiger charge is -2.23. The van der Waals surface area contributed by atoms with Crippen LogP contribution in [-0.4, -0.2) is 26.2 Å². The first-order chi connectivity index (χ1) is 9.11. The Balaban J connectivity index is 2.21. The van der Waals surface area contributed by atoms with Gasteiger partial charge in [0.25, 0.3) is 0 Å². The van der Waals surface area contributed by atoms with Crippen molar-refractivity contribution in [3.8, 4) is 0 Å². The van der Waals surface area contributed by atoms with E-state index in [1.165, 1.54) is 13.2 Å². The summed E-state index contributed by atoms with van der Waals surface area (Å²) < 4.78 is 18.7. The predicted molar refractivity (Wildman–Crippen MR) is 71.8 cm³/mol. The van der Waals surface area contributed by atoms with Crippen molar-refractivity contribution in [3.05, 3.63) is 34.6 Å². The standard InChI is InChI=1S/C15H20FNO2/c1-10-7-14(16)12(9-13(10)15(18)19-2)8-11-3-5-17-6-4-11/h7,9,11,17H,3-6,8H2,1-2H3. The van der Waals surface area contributed by atoms with Crippen LogP contribution in [0, 0.1) is 18.7 Å². The molecule has 1 N–H and O–H groups in total. The molecule has 1 aliphatic rings. The summed E-state index contributed by atoms with van der Waals surface area (Å²) in [6.07, 6.45) is 2.81. The molecular formula is C15H20FNO2. The molecule has 1 fully saturated rings. The maximum atomic E-state index is 14.0. The molecule has 104 valence electrons. The van der Waals surface area contributed by atoms with Crippen molar-refractivity contribution in [2.24, 2.45) is 5.92 Å². The van der Waals surface area contributed by atoms with Gasteiger partial charge in [0.1, 0.15) is 5.82 Å². The molecule has 3 nitrogen and oxygen atoms in total. The Bertz CT molecular complexity index is 467. The fourth-order valence-electron chi connectivity index (χ4n) is 2.60. The van der Waals surface area contributed by atoms with E-state index in [2.05, 4.69) is 5.32 Å². The lowest BCUT2D eigenvalue weighted by Crippen LogP contribution is -2.28. The van der Waals surface area contributed by atoms with Gasteiger partial charge in [-0.15, -0.1) is 0 Å². The number of rotatable bonds is 3. The highest BCUT2D eigenvalue weighted by molar-refractivity contribution is 5.91. The van der Waals surface area contributed by atoms with E-state index in [-0.39, 0.29) is 5.82 Å². The van der Waals surface area contributed by atoms with Gasteiger partial charge in [0, 0.05) is 0 Å². The van der Waals surface area contributed by atoms with Gasteiger partial charge in [-0.2, -0.15) is 0 Å². The molecule has 0 radical (unpaired) electrons. The number of methoxy groups -OCH3 is 1. The van der Waals surface area contributed by atoms with Crippen LogP contribution in [0.25, 0.3) is 0 Å². The van der Waals surface area contributed by atoms with Gasteiger partial charge in [-0.1, -0.05) is 0 Å². The lowest BCUT2D eigenvalue weighted by molar-refractivity contribution is 0.0599. The van der Waals surface area contributed by atoms with Crippen LogP contribution in [0.15, 0.2) is 12.1 Å². The van der Waals surface area contributed by atoms with E-state index in [0.717, 1.165) is 25.9 Å². The third-order valence-corrected chi connectivity index (χ3v) is 3.77. The second-order valence-corrected chi connectivity index (χ2v) is 5.15. The average molecular weight is 265 g/mol. The van der Waals surface area contributed by atoms with Gasteiger partial charge in [-0.05, 0) is 68.5 Å². The van der Waals surface area contributed by atoms with Crippen LogP contribution in [0.2, 0.25) is 0 Å². The molecule has 1 aromatic carbocycles. The maximum absolute atomic E-state index is 14.0. The SMILES string of the molecule is COC(=O)c1cc(CC2CCNCC2)c(F)cc1C. The van der Waals surface area contributed by atoms with Gasteiger partial charge in [0.05, 0.1) is 12.7 Å². The van der Waals surface area contributed by atoms with Crippen LogP contribution >= 0.6 is 0 Å². The molecule has 0 bridgehead atoms. The summed E-state index contributed by atoms with van der Waals surface area (Å²) in [6, 6.07) is 3.08. The van der Waals surface area contributed by atoms with Crippen LogP contribution in [0.4, 0.5) is 4.39 Å². The van der Waals surface area contributed by atoms with E-state index < -0.39 is 5.97 Å². The smallest absolute Gasteiger partial charge is 0.338 e.